The predicted octanol–water partition coefficient (Wildman–Crippen LogP) is 4.08. The molecular weight excluding hydrogens is 220 g/mol. The zero-order chi connectivity index (χ0) is 12.6. The zero-order valence-corrected chi connectivity index (χ0v) is 11.1. The number of nitrogens with zero attached hydrogens (tertiary/aromatic N) is 1. The van der Waals surface area contributed by atoms with Gasteiger partial charge in [-0.15, -0.1) is 0 Å². The van der Waals surface area contributed by atoms with Crippen molar-refractivity contribution in [1.82, 2.24) is 4.98 Å². The summed E-state index contributed by atoms with van der Waals surface area (Å²) in [5.74, 6) is 1.76. The van der Waals surface area contributed by atoms with Crippen molar-refractivity contribution in [2.45, 2.75) is 26.7 Å². The Morgan fingerprint density at radius 1 is 1.17 bits per heavy atom. The van der Waals surface area contributed by atoms with Crippen LogP contribution in [0.5, 0.6) is 0 Å². The van der Waals surface area contributed by atoms with Gasteiger partial charge in [0.25, 0.3) is 0 Å². The molecule has 2 aromatic rings. The van der Waals surface area contributed by atoms with Crippen LogP contribution < -0.4 is 5.32 Å². The normalized spacial score (nSPS) is 17.1. The van der Waals surface area contributed by atoms with Crippen LogP contribution in [-0.2, 0) is 0 Å². The molecule has 0 saturated heterocycles. The van der Waals surface area contributed by atoms with E-state index in [1.54, 1.807) is 0 Å². The van der Waals surface area contributed by atoms with E-state index < -0.39 is 0 Å². The van der Waals surface area contributed by atoms with Gasteiger partial charge in [-0.2, -0.15) is 0 Å². The Balaban J connectivity index is 1.75. The standard InChI is InChI=1S/C16H20N2/c1-12(2)16(9-10-16)11-17-15-8-7-13-5-3-4-6-14(13)18-15/h3-8,12H,9-11H2,1-2H3,(H,17,18). The largest absolute Gasteiger partial charge is 0.369 e. The molecular formula is C16H20N2. The van der Waals surface area contributed by atoms with Crippen molar-refractivity contribution in [3.8, 4) is 0 Å². The SMILES string of the molecule is CC(C)C1(CNc2ccc3ccccc3n2)CC1. The first-order valence-electron chi connectivity index (χ1n) is 6.79. The van der Waals surface area contributed by atoms with E-state index in [2.05, 4.69) is 54.5 Å². The fourth-order valence-corrected chi connectivity index (χ4v) is 2.55. The van der Waals surface area contributed by atoms with Crippen molar-refractivity contribution >= 4 is 16.7 Å². The Morgan fingerprint density at radius 2 is 1.94 bits per heavy atom. The van der Waals surface area contributed by atoms with Gasteiger partial charge in [0.15, 0.2) is 0 Å². The van der Waals surface area contributed by atoms with Crippen molar-refractivity contribution in [3.05, 3.63) is 36.4 Å². The van der Waals surface area contributed by atoms with E-state index in [9.17, 15) is 0 Å². The number of rotatable bonds is 4. The Kier molecular flexibility index (Phi) is 2.73. The average molecular weight is 240 g/mol. The van der Waals surface area contributed by atoms with Gasteiger partial charge in [-0.25, -0.2) is 4.98 Å². The third-order valence-corrected chi connectivity index (χ3v) is 4.34. The van der Waals surface area contributed by atoms with Gasteiger partial charge in [0.1, 0.15) is 5.82 Å². The van der Waals surface area contributed by atoms with Crippen LogP contribution in [0.1, 0.15) is 26.7 Å². The number of aromatic nitrogens is 1. The number of para-hydroxylation sites is 1. The zero-order valence-electron chi connectivity index (χ0n) is 11.1. The minimum absolute atomic E-state index is 0.521. The molecule has 1 aliphatic rings. The first-order chi connectivity index (χ1) is 8.70. The second kappa shape index (κ2) is 4.27. The van der Waals surface area contributed by atoms with Crippen molar-refractivity contribution in [1.29, 1.82) is 0 Å². The van der Waals surface area contributed by atoms with Crippen LogP contribution in [0.2, 0.25) is 0 Å². The maximum atomic E-state index is 4.65. The molecule has 3 rings (SSSR count). The summed E-state index contributed by atoms with van der Waals surface area (Å²) in [6.45, 7) is 5.70. The molecule has 0 aliphatic heterocycles. The van der Waals surface area contributed by atoms with E-state index >= 15 is 0 Å². The third-order valence-electron chi connectivity index (χ3n) is 4.34. The molecule has 1 saturated carbocycles. The van der Waals surface area contributed by atoms with Gasteiger partial charge >= 0.3 is 0 Å². The monoisotopic (exact) mass is 240 g/mol. The van der Waals surface area contributed by atoms with Crippen molar-refractivity contribution in [2.75, 3.05) is 11.9 Å². The quantitative estimate of drug-likeness (QED) is 0.871. The van der Waals surface area contributed by atoms with E-state index in [4.69, 9.17) is 0 Å². The molecule has 0 spiro atoms. The molecule has 0 radical (unpaired) electrons. The molecule has 94 valence electrons. The van der Waals surface area contributed by atoms with Crippen molar-refractivity contribution in [3.63, 3.8) is 0 Å². The van der Waals surface area contributed by atoms with E-state index in [0.29, 0.717) is 5.41 Å². The fraction of sp³-hybridized carbons (Fsp3) is 0.438. The Bertz CT molecular complexity index is 556. The maximum absolute atomic E-state index is 4.65. The van der Waals surface area contributed by atoms with Crippen LogP contribution in [-0.4, -0.2) is 11.5 Å². The summed E-state index contributed by atoms with van der Waals surface area (Å²) in [6, 6.07) is 12.5. The average Bonchev–Trinajstić information content (AvgIpc) is 3.17. The number of hydrogen-bond acceptors (Lipinski definition) is 2. The lowest BCUT2D eigenvalue weighted by atomic mass is 9.92. The predicted molar refractivity (Wildman–Crippen MR) is 76.7 cm³/mol. The van der Waals surface area contributed by atoms with Gasteiger partial charge in [-0.05, 0) is 42.4 Å². The highest BCUT2D eigenvalue weighted by Crippen LogP contribution is 2.51. The molecule has 1 aromatic carbocycles. The minimum Gasteiger partial charge on any atom is -0.369 e. The lowest BCUT2D eigenvalue weighted by Gasteiger charge is -2.20. The summed E-state index contributed by atoms with van der Waals surface area (Å²) >= 11 is 0. The highest BCUT2D eigenvalue weighted by atomic mass is 15.0. The molecule has 0 unspecified atom stereocenters. The number of benzene rings is 1. The molecule has 2 heteroatoms. The molecule has 1 fully saturated rings. The number of nitrogens with one attached hydrogen (secondary N) is 1. The van der Waals surface area contributed by atoms with Crippen LogP contribution in [0.15, 0.2) is 36.4 Å². The third kappa shape index (κ3) is 2.07. The van der Waals surface area contributed by atoms with Crippen LogP contribution in [0.4, 0.5) is 5.82 Å². The topological polar surface area (TPSA) is 24.9 Å². The molecule has 0 atom stereocenters. The van der Waals surface area contributed by atoms with E-state index in [-0.39, 0.29) is 0 Å². The summed E-state index contributed by atoms with van der Waals surface area (Å²) < 4.78 is 0. The lowest BCUT2D eigenvalue weighted by Crippen LogP contribution is -2.21. The lowest BCUT2D eigenvalue weighted by molar-refractivity contribution is 0.380. The Hall–Kier alpha value is -1.57. The molecule has 1 N–H and O–H groups in total. The highest BCUT2D eigenvalue weighted by Gasteiger charge is 2.44. The van der Waals surface area contributed by atoms with Gasteiger partial charge in [0.05, 0.1) is 5.52 Å². The molecule has 1 aliphatic carbocycles. The number of fused-ring (bicyclic) bond motifs is 1. The fourth-order valence-electron chi connectivity index (χ4n) is 2.55. The maximum Gasteiger partial charge on any atom is 0.126 e. The molecule has 0 amide bonds. The molecule has 1 heterocycles. The minimum atomic E-state index is 0.521. The second-order valence-electron chi connectivity index (χ2n) is 5.76. The highest BCUT2D eigenvalue weighted by molar-refractivity contribution is 5.80. The van der Waals surface area contributed by atoms with Gasteiger partial charge in [-0.3, -0.25) is 0 Å². The van der Waals surface area contributed by atoms with E-state index in [1.165, 1.54) is 18.2 Å². The van der Waals surface area contributed by atoms with Gasteiger partial charge in [0, 0.05) is 11.9 Å². The summed E-state index contributed by atoms with van der Waals surface area (Å²) in [6.07, 6.45) is 2.70. The van der Waals surface area contributed by atoms with Crippen LogP contribution in [0.3, 0.4) is 0 Å². The van der Waals surface area contributed by atoms with E-state index in [0.717, 1.165) is 23.8 Å². The number of pyridine rings is 1. The van der Waals surface area contributed by atoms with Crippen molar-refractivity contribution in [2.24, 2.45) is 11.3 Å². The summed E-state index contributed by atoms with van der Waals surface area (Å²) in [4.78, 5) is 4.65. The number of hydrogen-bond donors (Lipinski definition) is 1. The Labute approximate surface area is 108 Å². The van der Waals surface area contributed by atoms with Crippen LogP contribution in [0.25, 0.3) is 10.9 Å². The Morgan fingerprint density at radius 3 is 2.67 bits per heavy atom. The van der Waals surface area contributed by atoms with Crippen molar-refractivity contribution < 1.29 is 0 Å². The van der Waals surface area contributed by atoms with E-state index in [1.807, 2.05) is 6.07 Å². The van der Waals surface area contributed by atoms with Gasteiger partial charge in [0.2, 0.25) is 0 Å². The second-order valence-corrected chi connectivity index (χ2v) is 5.76. The first kappa shape index (κ1) is 11.5. The van der Waals surface area contributed by atoms with Gasteiger partial charge in [-0.1, -0.05) is 32.0 Å². The summed E-state index contributed by atoms with van der Waals surface area (Å²) in [5.41, 5.74) is 1.59. The van der Waals surface area contributed by atoms with Gasteiger partial charge < -0.3 is 5.32 Å². The van der Waals surface area contributed by atoms with Crippen LogP contribution >= 0.6 is 0 Å². The number of anilines is 1. The molecule has 1 aromatic heterocycles. The molecule has 0 bridgehead atoms. The first-order valence-corrected chi connectivity index (χ1v) is 6.79. The summed E-state index contributed by atoms with van der Waals surface area (Å²) in [5, 5.41) is 4.71. The van der Waals surface area contributed by atoms with Crippen LogP contribution in [0, 0.1) is 11.3 Å². The summed E-state index contributed by atoms with van der Waals surface area (Å²) in [7, 11) is 0. The smallest absolute Gasteiger partial charge is 0.126 e. The molecule has 18 heavy (non-hydrogen) atoms. The molecule has 2 nitrogen and oxygen atoms in total.